The number of halogens is 1. The zero-order chi connectivity index (χ0) is 24.5. The third-order valence-corrected chi connectivity index (χ3v) is 7.75. The number of rotatable bonds is 7. The summed E-state index contributed by atoms with van der Waals surface area (Å²) in [6.07, 6.45) is 0. The fourth-order valence-corrected chi connectivity index (χ4v) is 5.72. The minimum Gasteiger partial charge on any atom is -0.493 e. The fourth-order valence-electron chi connectivity index (χ4n) is 3.67. The van der Waals surface area contributed by atoms with Crippen molar-refractivity contribution in [2.45, 2.75) is 31.7 Å². The van der Waals surface area contributed by atoms with Crippen LogP contribution in [0.25, 0.3) is 27.3 Å². The molecule has 0 radical (unpaired) electrons. The lowest BCUT2D eigenvalue weighted by molar-refractivity contribution is 0.341. The van der Waals surface area contributed by atoms with E-state index in [-0.39, 0.29) is 5.56 Å². The molecule has 0 aliphatic rings. The highest BCUT2D eigenvalue weighted by Gasteiger charge is 2.20. The molecule has 0 atom stereocenters. The van der Waals surface area contributed by atoms with E-state index in [1.54, 1.807) is 16.7 Å². The number of para-hydroxylation sites is 1. The Kier molecular flexibility index (Phi) is 6.64. The molecular weight excluding hydrogens is 504 g/mol. The van der Waals surface area contributed by atoms with Crippen molar-refractivity contribution in [3.63, 3.8) is 0 Å². The molecule has 0 unspecified atom stereocenters. The van der Waals surface area contributed by atoms with Gasteiger partial charge >= 0.3 is 0 Å². The van der Waals surface area contributed by atoms with Gasteiger partial charge < -0.3 is 9.26 Å². The van der Waals surface area contributed by atoms with Gasteiger partial charge in [0.2, 0.25) is 11.7 Å². The number of thioether (sulfide) groups is 1. The Morgan fingerprint density at radius 3 is 2.66 bits per heavy atom. The molecule has 0 amide bonds. The summed E-state index contributed by atoms with van der Waals surface area (Å²) in [6.45, 7) is 6.42. The number of hydrogen-bond donors (Lipinski definition) is 0. The molecular formula is C25H21ClN4O3S2. The summed E-state index contributed by atoms with van der Waals surface area (Å²) in [6, 6.07) is 14.7. The highest BCUT2D eigenvalue weighted by molar-refractivity contribution is 7.98. The molecule has 5 rings (SSSR count). The van der Waals surface area contributed by atoms with E-state index in [1.165, 1.54) is 23.1 Å². The van der Waals surface area contributed by atoms with E-state index in [1.807, 2.05) is 57.2 Å². The van der Waals surface area contributed by atoms with Crippen molar-refractivity contribution in [3.05, 3.63) is 80.2 Å². The van der Waals surface area contributed by atoms with E-state index in [4.69, 9.17) is 25.8 Å². The van der Waals surface area contributed by atoms with Crippen molar-refractivity contribution >= 4 is 44.9 Å². The van der Waals surface area contributed by atoms with Gasteiger partial charge in [0.1, 0.15) is 10.6 Å². The molecule has 3 aromatic heterocycles. The summed E-state index contributed by atoms with van der Waals surface area (Å²) in [5.41, 5.74) is 2.29. The van der Waals surface area contributed by atoms with Crippen molar-refractivity contribution in [1.29, 1.82) is 0 Å². The first-order chi connectivity index (χ1) is 17.0. The van der Waals surface area contributed by atoms with Crippen LogP contribution >= 0.6 is 34.7 Å². The van der Waals surface area contributed by atoms with Crippen molar-refractivity contribution in [3.8, 4) is 22.8 Å². The summed E-state index contributed by atoms with van der Waals surface area (Å²) < 4.78 is 12.8. The molecule has 0 aliphatic heterocycles. The van der Waals surface area contributed by atoms with Gasteiger partial charge in [-0.3, -0.25) is 9.36 Å². The summed E-state index contributed by atoms with van der Waals surface area (Å²) in [4.78, 5) is 24.8. The van der Waals surface area contributed by atoms with E-state index in [0.29, 0.717) is 51.1 Å². The largest absolute Gasteiger partial charge is 0.493 e. The molecule has 0 spiro atoms. The maximum atomic E-state index is 13.6. The maximum absolute atomic E-state index is 13.6. The van der Waals surface area contributed by atoms with Crippen molar-refractivity contribution in [2.24, 2.45) is 0 Å². The summed E-state index contributed by atoms with van der Waals surface area (Å²) >= 11 is 8.97. The van der Waals surface area contributed by atoms with Gasteiger partial charge in [0.25, 0.3) is 5.56 Å². The van der Waals surface area contributed by atoms with Crippen LogP contribution in [0.3, 0.4) is 0 Å². The number of thiophene rings is 1. The van der Waals surface area contributed by atoms with Crippen LogP contribution in [-0.4, -0.2) is 26.3 Å². The van der Waals surface area contributed by atoms with Crippen LogP contribution in [0, 0.1) is 13.8 Å². The van der Waals surface area contributed by atoms with Gasteiger partial charge in [-0.15, -0.1) is 11.3 Å². The first kappa shape index (κ1) is 23.6. The zero-order valence-electron chi connectivity index (χ0n) is 19.2. The Morgan fingerprint density at radius 2 is 1.89 bits per heavy atom. The third kappa shape index (κ3) is 4.59. The highest BCUT2D eigenvalue weighted by atomic mass is 35.5. The lowest BCUT2D eigenvalue weighted by atomic mass is 10.2. The van der Waals surface area contributed by atoms with Gasteiger partial charge in [-0.2, -0.15) is 4.98 Å². The number of nitrogens with zero attached hydrogens (tertiary/aromatic N) is 4. The number of aryl methyl sites for hydroxylation is 2. The summed E-state index contributed by atoms with van der Waals surface area (Å²) in [7, 11) is 0. The SMILES string of the molecule is CCOc1ccccc1-c1noc(CSc2nc3sc(C)c(C)c3c(=O)n2-c2ccc(Cl)cc2)n1. The molecule has 0 N–H and O–H groups in total. The van der Waals surface area contributed by atoms with Gasteiger partial charge in [0, 0.05) is 9.90 Å². The van der Waals surface area contributed by atoms with Gasteiger partial charge in [-0.25, -0.2) is 4.98 Å². The molecule has 7 nitrogen and oxygen atoms in total. The van der Waals surface area contributed by atoms with Gasteiger partial charge in [-0.05, 0) is 62.7 Å². The second kappa shape index (κ2) is 9.85. The van der Waals surface area contributed by atoms with Crippen LogP contribution in [0.1, 0.15) is 23.3 Å². The minimum atomic E-state index is -0.112. The van der Waals surface area contributed by atoms with E-state index in [0.717, 1.165) is 20.8 Å². The molecule has 5 aromatic rings. The van der Waals surface area contributed by atoms with Gasteiger partial charge in [0.05, 0.1) is 29.0 Å². The molecule has 0 saturated carbocycles. The topological polar surface area (TPSA) is 83.0 Å². The Labute approximate surface area is 214 Å². The smallest absolute Gasteiger partial charge is 0.267 e. The van der Waals surface area contributed by atoms with E-state index >= 15 is 0 Å². The predicted octanol–water partition coefficient (Wildman–Crippen LogP) is 6.46. The lowest BCUT2D eigenvalue weighted by Crippen LogP contribution is -2.21. The number of aromatic nitrogens is 4. The zero-order valence-corrected chi connectivity index (χ0v) is 21.6. The van der Waals surface area contributed by atoms with Crippen LogP contribution in [0.2, 0.25) is 5.02 Å². The van der Waals surface area contributed by atoms with Crippen molar-refractivity contribution in [2.75, 3.05) is 6.61 Å². The van der Waals surface area contributed by atoms with Crippen LogP contribution in [0.4, 0.5) is 0 Å². The van der Waals surface area contributed by atoms with E-state index in [2.05, 4.69) is 10.1 Å². The van der Waals surface area contributed by atoms with Crippen LogP contribution in [0.15, 0.2) is 63.0 Å². The van der Waals surface area contributed by atoms with Crippen LogP contribution in [-0.2, 0) is 5.75 Å². The molecule has 3 heterocycles. The van der Waals surface area contributed by atoms with E-state index in [9.17, 15) is 4.79 Å². The maximum Gasteiger partial charge on any atom is 0.267 e. The Balaban J connectivity index is 1.51. The molecule has 0 fully saturated rings. The molecule has 0 bridgehead atoms. The fraction of sp³-hybridized carbons (Fsp3) is 0.200. The second-order valence-electron chi connectivity index (χ2n) is 7.70. The Morgan fingerprint density at radius 1 is 1.11 bits per heavy atom. The molecule has 178 valence electrons. The monoisotopic (exact) mass is 524 g/mol. The van der Waals surface area contributed by atoms with Crippen molar-refractivity contribution < 1.29 is 9.26 Å². The normalized spacial score (nSPS) is 11.3. The molecule has 35 heavy (non-hydrogen) atoms. The average molecular weight is 525 g/mol. The van der Waals surface area contributed by atoms with Crippen molar-refractivity contribution in [1.82, 2.24) is 19.7 Å². The molecule has 2 aromatic carbocycles. The number of fused-ring (bicyclic) bond motifs is 1. The first-order valence-electron chi connectivity index (χ1n) is 10.9. The third-order valence-electron chi connectivity index (χ3n) is 5.48. The Hall–Kier alpha value is -3.14. The van der Waals surface area contributed by atoms with Crippen LogP contribution in [0.5, 0.6) is 5.75 Å². The summed E-state index contributed by atoms with van der Waals surface area (Å²) in [5, 5.41) is 5.91. The molecule has 0 saturated heterocycles. The predicted molar refractivity (Wildman–Crippen MR) is 140 cm³/mol. The number of hydrogen-bond acceptors (Lipinski definition) is 8. The van der Waals surface area contributed by atoms with Crippen LogP contribution < -0.4 is 10.3 Å². The second-order valence-corrected chi connectivity index (χ2v) is 10.3. The first-order valence-corrected chi connectivity index (χ1v) is 13.1. The Bertz CT molecular complexity index is 1570. The number of benzene rings is 2. The highest BCUT2D eigenvalue weighted by Crippen LogP contribution is 2.32. The lowest BCUT2D eigenvalue weighted by Gasteiger charge is -2.11. The quantitative estimate of drug-likeness (QED) is 0.178. The van der Waals surface area contributed by atoms with Gasteiger partial charge in [0.15, 0.2) is 5.16 Å². The summed E-state index contributed by atoms with van der Waals surface area (Å²) in [5.74, 6) is 1.92. The van der Waals surface area contributed by atoms with E-state index < -0.39 is 0 Å². The average Bonchev–Trinajstić information content (AvgIpc) is 3.43. The van der Waals surface area contributed by atoms with Gasteiger partial charge in [-0.1, -0.05) is 40.7 Å². The standard InChI is InChI=1S/C25H21ClN4O3S2/c1-4-32-19-8-6-5-7-18(19)22-27-20(33-29-22)13-34-25-28-23-21(14(2)15(3)35-23)24(31)30(25)17-11-9-16(26)10-12-17/h5-12H,4,13H2,1-3H3. The minimum absolute atomic E-state index is 0.112. The molecule has 0 aliphatic carbocycles. The number of ether oxygens (including phenoxy) is 1. The molecule has 10 heteroatoms.